The van der Waals surface area contributed by atoms with Gasteiger partial charge in [0.15, 0.2) is 0 Å². The molecule has 0 aliphatic heterocycles. The fraction of sp³-hybridized carbons (Fsp3) is 0.280. The summed E-state index contributed by atoms with van der Waals surface area (Å²) in [6.07, 6.45) is 3.86. The highest BCUT2D eigenvalue weighted by Crippen LogP contribution is 2.27. The average Bonchev–Trinajstić information content (AvgIpc) is 3.14. The van der Waals surface area contributed by atoms with Crippen molar-refractivity contribution in [3.8, 4) is 5.75 Å². The molecule has 0 aliphatic rings. The highest BCUT2D eigenvalue weighted by molar-refractivity contribution is 5.95. The van der Waals surface area contributed by atoms with Gasteiger partial charge >= 0.3 is 0 Å². The van der Waals surface area contributed by atoms with Gasteiger partial charge in [0.2, 0.25) is 11.8 Å². The van der Waals surface area contributed by atoms with Crippen molar-refractivity contribution in [2.75, 3.05) is 14.2 Å². The van der Waals surface area contributed by atoms with Crippen LogP contribution in [0.2, 0.25) is 0 Å². The quantitative estimate of drug-likeness (QED) is 0.555. The standard InChI is InChI=1S/C25H28N2O4/c1-5-22-21(20-8-6-7-9-23(20)31-22)16-27(3)25(29)17(2)26-24(28)15-12-18-10-13-19(30-4)14-11-18/h6-15,17H,5,16H2,1-4H3,(H,26,28)/b15-12+. The van der Waals surface area contributed by atoms with E-state index in [9.17, 15) is 9.59 Å². The summed E-state index contributed by atoms with van der Waals surface area (Å²) in [5, 5.41) is 3.75. The molecule has 2 amide bonds. The predicted octanol–water partition coefficient (Wildman–Crippen LogP) is 4.18. The van der Waals surface area contributed by atoms with E-state index in [0.29, 0.717) is 6.54 Å². The topological polar surface area (TPSA) is 71.8 Å². The van der Waals surface area contributed by atoms with Crippen LogP contribution in [0.1, 0.15) is 30.7 Å². The molecule has 1 N–H and O–H groups in total. The van der Waals surface area contributed by atoms with Crippen molar-refractivity contribution in [2.45, 2.75) is 32.9 Å². The highest BCUT2D eigenvalue weighted by Gasteiger charge is 2.21. The fourth-order valence-corrected chi connectivity index (χ4v) is 3.46. The minimum Gasteiger partial charge on any atom is -0.497 e. The lowest BCUT2D eigenvalue weighted by molar-refractivity contribution is -0.134. The maximum absolute atomic E-state index is 12.8. The van der Waals surface area contributed by atoms with Gasteiger partial charge in [0.1, 0.15) is 23.1 Å². The summed E-state index contributed by atoms with van der Waals surface area (Å²) in [5.41, 5.74) is 2.69. The molecule has 1 heterocycles. The van der Waals surface area contributed by atoms with Crippen LogP contribution in [0.15, 0.2) is 59.0 Å². The van der Waals surface area contributed by atoms with E-state index in [1.54, 1.807) is 32.1 Å². The van der Waals surface area contributed by atoms with E-state index in [1.165, 1.54) is 6.08 Å². The molecular formula is C25H28N2O4. The lowest BCUT2D eigenvalue weighted by Crippen LogP contribution is -2.44. The number of para-hydroxylation sites is 1. The monoisotopic (exact) mass is 420 g/mol. The molecule has 0 aliphatic carbocycles. The van der Waals surface area contributed by atoms with Gasteiger partial charge in [0, 0.05) is 37.0 Å². The number of hydrogen-bond donors (Lipinski definition) is 1. The van der Waals surface area contributed by atoms with Crippen molar-refractivity contribution >= 4 is 28.9 Å². The van der Waals surface area contributed by atoms with Gasteiger partial charge in [-0.25, -0.2) is 0 Å². The first kappa shape index (κ1) is 22.2. The Labute approximate surface area is 182 Å². The zero-order valence-electron chi connectivity index (χ0n) is 18.3. The SMILES string of the molecule is CCc1oc2ccccc2c1CN(C)C(=O)C(C)NC(=O)/C=C/c1ccc(OC)cc1. The second kappa shape index (κ2) is 9.98. The second-order valence-electron chi connectivity index (χ2n) is 7.38. The normalized spacial score (nSPS) is 12.1. The first-order chi connectivity index (χ1) is 14.9. The van der Waals surface area contributed by atoms with Crippen LogP contribution in [-0.4, -0.2) is 36.9 Å². The van der Waals surface area contributed by atoms with Crippen LogP contribution < -0.4 is 10.1 Å². The smallest absolute Gasteiger partial charge is 0.244 e. The molecule has 3 rings (SSSR count). The number of hydrogen-bond acceptors (Lipinski definition) is 4. The number of ether oxygens (including phenoxy) is 1. The zero-order chi connectivity index (χ0) is 22.4. The summed E-state index contributed by atoms with van der Waals surface area (Å²) < 4.78 is 11.0. The van der Waals surface area contributed by atoms with Crippen molar-refractivity contribution in [1.82, 2.24) is 10.2 Å². The fourth-order valence-electron chi connectivity index (χ4n) is 3.46. The molecule has 1 unspecified atom stereocenters. The Kier molecular flexibility index (Phi) is 7.13. The molecule has 0 saturated carbocycles. The number of likely N-dealkylation sites (N-methyl/N-ethyl adjacent to an activating group) is 1. The number of carbonyl (C=O) groups is 2. The highest BCUT2D eigenvalue weighted by atomic mass is 16.5. The Hall–Kier alpha value is -3.54. The van der Waals surface area contributed by atoms with Crippen LogP contribution in [0, 0.1) is 0 Å². The third kappa shape index (κ3) is 5.34. The van der Waals surface area contributed by atoms with E-state index in [0.717, 1.165) is 40.0 Å². The van der Waals surface area contributed by atoms with Crippen LogP contribution >= 0.6 is 0 Å². The summed E-state index contributed by atoms with van der Waals surface area (Å²) in [6, 6.07) is 14.5. The van der Waals surface area contributed by atoms with Crippen molar-refractivity contribution in [3.05, 3.63) is 71.5 Å². The number of aryl methyl sites for hydroxylation is 1. The molecule has 1 atom stereocenters. The number of methoxy groups -OCH3 is 1. The van der Waals surface area contributed by atoms with Crippen molar-refractivity contribution in [3.63, 3.8) is 0 Å². The molecule has 0 radical (unpaired) electrons. The van der Waals surface area contributed by atoms with E-state index < -0.39 is 6.04 Å². The van der Waals surface area contributed by atoms with E-state index >= 15 is 0 Å². The molecular weight excluding hydrogens is 392 g/mol. The first-order valence-electron chi connectivity index (χ1n) is 10.3. The maximum Gasteiger partial charge on any atom is 0.244 e. The Bertz CT molecular complexity index is 1080. The summed E-state index contributed by atoms with van der Waals surface area (Å²) in [7, 11) is 3.34. The predicted molar refractivity (Wildman–Crippen MR) is 122 cm³/mol. The second-order valence-corrected chi connectivity index (χ2v) is 7.38. The molecule has 0 fully saturated rings. The molecule has 6 heteroatoms. The first-order valence-corrected chi connectivity index (χ1v) is 10.3. The lowest BCUT2D eigenvalue weighted by Gasteiger charge is -2.22. The van der Waals surface area contributed by atoms with Crippen LogP contribution in [-0.2, 0) is 22.6 Å². The van der Waals surface area contributed by atoms with Gasteiger partial charge in [-0.2, -0.15) is 0 Å². The lowest BCUT2D eigenvalue weighted by atomic mass is 10.1. The third-order valence-electron chi connectivity index (χ3n) is 5.15. The van der Waals surface area contributed by atoms with Crippen LogP contribution in [0.3, 0.4) is 0 Å². The van der Waals surface area contributed by atoms with Gasteiger partial charge < -0.3 is 19.4 Å². The third-order valence-corrected chi connectivity index (χ3v) is 5.15. The molecule has 0 spiro atoms. The average molecular weight is 421 g/mol. The molecule has 6 nitrogen and oxygen atoms in total. The number of fused-ring (bicyclic) bond motifs is 1. The van der Waals surface area contributed by atoms with Gasteiger partial charge in [0.25, 0.3) is 0 Å². The van der Waals surface area contributed by atoms with E-state index in [2.05, 4.69) is 5.32 Å². The minimum atomic E-state index is -0.652. The summed E-state index contributed by atoms with van der Waals surface area (Å²) >= 11 is 0. The zero-order valence-corrected chi connectivity index (χ0v) is 18.3. The molecule has 2 aromatic carbocycles. The van der Waals surface area contributed by atoms with Gasteiger partial charge in [-0.15, -0.1) is 0 Å². The molecule has 3 aromatic rings. The number of amides is 2. The number of nitrogens with one attached hydrogen (secondary N) is 1. The minimum absolute atomic E-state index is 0.168. The Morgan fingerprint density at radius 2 is 1.87 bits per heavy atom. The van der Waals surface area contributed by atoms with Gasteiger partial charge in [-0.3, -0.25) is 9.59 Å². The van der Waals surface area contributed by atoms with Crippen LogP contribution in [0.4, 0.5) is 0 Å². The summed E-state index contributed by atoms with van der Waals surface area (Å²) in [5.74, 6) is 1.13. The van der Waals surface area contributed by atoms with Gasteiger partial charge in [-0.1, -0.05) is 37.3 Å². The van der Waals surface area contributed by atoms with E-state index in [4.69, 9.17) is 9.15 Å². The van der Waals surface area contributed by atoms with E-state index in [1.807, 2.05) is 55.5 Å². The Morgan fingerprint density at radius 3 is 2.55 bits per heavy atom. The molecule has 0 saturated heterocycles. The van der Waals surface area contributed by atoms with Crippen molar-refractivity contribution < 1.29 is 18.7 Å². The van der Waals surface area contributed by atoms with Crippen molar-refractivity contribution in [1.29, 1.82) is 0 Å². The number of nitrogens with zero attached hydrogens (tertiary/aromatic N) is 1. The number of furan rings is 1. The Morgan fingerprint density at radius 1 is 1.16 bits per heavy atom. The Balaban J connectivity index is 1.61. The largest absolute Gasteiger partial charge is 0.497 e. The number of benzene rings is 2. The summed E-state index contributed by atoms with van der Waals surface area (Å²) in [6.45, 7) is 4.13. The molecule has 1 aromatic heterocycles. The maximum atomic E-state index is 12.8. The van der Waals surface area contributed by atoms with Crippen LogP contribution in [0.25, 0.3) is 17.0 Å². The molecule has 0 bridgehead atoms. The summed E-state index contributed by atoms with van der Waals surface area (Å²) in [4.78, 5) is 26.7. The van der Waals surface area contributed by atoms with Gasteiger partial charge in [-0.05, 0) is 36.8 Å². The molecule has 31 heavy (non-hydrogen) atoms. The number of rotatable bonds is 8. The van der Waals surface area contributed by atoms with Gasteiger partial charge in [0.05, 0.1) is 7.11 Å². The van der Waals surface area contributed by atoms with Crippen molar-refractivity contribution in [2.24, 2.45) is 0 Å². The number of carbonyl (C=O) groups excluding carboxylic acids is 2. The van der Waals surface area contributed by atoms with E-state index in [-0.39, 0.29) is 11.8 Å². The molecule has 162 valence electrons. The van der Waals surface area contributed by atoms with Crippen LogP contribution in [0.5, 0.6) is 5.75 Å².